The van der Waals surface area contributed by atoms with Crippen molar-refractivity contribution in [3.8, 4) is 22.9 Å². The van der Waals surface area contributed by atoms with E-state index >= 15 is 0 Å². The molecule has 0 bridgehead atoms. The Hall–Kier alpha value is -2.67. The molecule has 6 nitrogen and oxygen atoms in total. The number of rotatable bonds is 12. The summed E-state index contributed by atoms with van der Waals surface area (Å²) >= 11 is 0. The maximum absolute atomic E-state index is 10.5. The maximum Gasteiger partial charge on any atom is 0.222 e. The lowest BCUT2D eigenvalue weighted by molar-refractivity contribution is 0.0797. The van der Waals surface area contributed by atoms with Crippen LogP contribution in [0.15, 0.2) is 60.7 Å². The summed E-state index contributed by atoms with van der Waals surface area (Å²) in [5.74, 6) is 1.47. The van der Waals surface area contributed by atoms with E-state index in [1.54, 1.807) is 11.8 Å². The summed E-state index contributed by atoms with van der Waals surface area (Å²) in [7, 11) is 3.60. The first-order chi connectivity index (χ1) is 15.1. The molecule has 1 aromatic heterocycles. The molecular formula is C25H33N3O3. The molecular weight excluding hydrogens is 390 g/mol. The fraction of sp³-hybridized carbons (Fsp3) is 0.400. The van der Waals surface area contributed by atoms with Crippen LogP contribution in [0.1, 0.15) is 25.3 Å². The van der Waals surface area contributed by atoms with E-state index in [4.69, 9.17) is 14.6 Å². The molecule has 0 saturated heterocycles. The van der Waals surface area contributed by atoms with Crippen molar-refractivity contribution in [2.75, 3.05) is 26.8 Å². The Balaban J connectivity index is 1.97. The van der Waals surface area contributed by atoms with Gasteiger partial charge in [-0.1, -0.05) is 61.9 Å². The van der Waals surface area contributed by atoms with Crippen LogP contribution in [-0.2, 0) is 18.3 Å². The Morgan fingerprint density at radius 1 is 1.06 bits per heavy atom. The first-order valence-electron chi connectivity index (χ1n) is 10.9. The van der Waals surface area contributed by atoms with E-state index in [9.17, 15) is 5.11 Å². The van der Waals surface area contributed by atoms with Gasteiger partial charge >= 0.3 is 0 Å². The van der Waals surface area contributed by atoms with Crippen LogP contribution in [0.3, 0.4) is 0 Å². The number of aliphatic hydroxyl groups is 1. The van der Waals surface area contributed by atoms with Crippen LogP contribution in [0.2, 0.25) is 0 Å². The highest BCUT2D eigenvalue weighted by Crippen LogP contribution is 2.34. The fourth-order valence-corrected chi connectivity index (χ4v) is 3.65. The van der Waals surface area contributed by atoms with Crippen molar-refractivity contribution in [3.05, 3.63) is 66.2 Å². The number of aryl methyl sites for hydroxylation is 1. The van der Waals surface area contributed by atoms with Crippen LogP contribution in [0, 0.1) is 0 Å². The molecule has 0 saturated carbocycles. The zero-order valence-corrected chi connectivity index (χ0v) is 18.7. The summed E-state index contributed by atoms with van der Waals surface area (Å²) in [6, 6.07) is 19.9. The molecule has 2 aromatic carbocycles. The lowest BCUT2D eigenvalue weighted by Gasteiger charge is -2.25. The maximum atomic E-state index is 10.5. The van der Waals surface area contributed by atoms with E-state index in [1.165, 1.54) is 0 Å². The molecule has 31 heavy (non-hydrogen) atoms. The summed E-state index contributed by atoms with van der Waals surface area (Å²) in [5.41, 5.74) is 2.93. The Morgan fingerprint density at radius 3 is 2.39 bits per heavy atom. The Morgan fingerprint density at radius 2 is 1.74 bits per heavy atom. The van der Waals surface area contributed by atoms with Gasteiger partial charge in [-0.05, 0) is 18.6 Å². The number of aliphatic hydroxyl groups excluding tert-OH is 1. The molecule has 0 radical (unpaired) electrons. The van der Waals surface area contributed by atoms with Gasteiger partial charge in [0.25, 0.3) is 0 Å². The molecule has 0 unspecified atom stereocenters. The average molecular weight is 424 g/mol. The molecule has 1 atom stereocenters. The highest BCUT2D eigenvalue weighted by Gasteiger charge is 2.23. The van der Waals surface area contributed by atoms with Crippen molar-refractivity contribution < 1.29 is 14.6 Å². The Labute approximate surface area is 185 Å². The van der Waals surface area contributed by atoms with Gasteiger partial charge in [0.1, 0.15) is 11.4 Å². The number of benzene rings is 2. The second kappa shape index (κ2) is 11.6. The van der Waals surface area contributed by atoms with Crippen LogP contribution >= 0.6 is 0 Å². The third kappa shape index (κ3) is 6.40. The minimum atomic E-state index is -0.378. The lowest BCUT2D eigenvalue weighted by Crippen LogP contribution is -2.34. The van der Waals surface area contributed by atoms with Gasteiger partial charge in [-0.15, -0.1) is 0 Å². The predicted molar refractivity (Wildman–Crippen MR) is 123 cm³/mol. The van der Waals surface area contributed by atoms with E-state index in [2.05, 4.69) is 24.0 Å². The molecule has 0 aliphatic rings. The van der Waals surface area contributed by atoms with Gasteiger partial charge in [0.15, 0.2) is 0 Å². The molecule has 0 aliphatic carbocycles. The molecule has 3 rings (SSSR count). The third-order valence-electron chi connectivity index (χ3n) is 5.18. The fourth-order valence-electron chi connectivity index (χ4n) is 3.65. The molecule has 6 heteroatoms. The van der Waals surface area contributed by atoms with Crippen molar-refractivity contribution in [2.24, 2.45) is 7.05 Å². The van der Waals surface area contributed by atoms with Crippen molar-refractivity contribution in [1.82, 2.24) is 14.7 Å². The quantitative estimate of drug-likeness (QED) is 0.465. The number of hydrogen-bond acceptors (Lipinski definition) is 5. The predicted octanol–water partition coefficient (Wildman–Crippen LogP) is 4.49. The highest BCUT2D eigenvalue weighted by molar-refractivity contribution is 5.65. The van der Waals surface area contributed by atoms with Gasteiger partial charge in [0, 0.05) is 39.4 Å². The van der Waals surface area contributed by atoms with Gasteiger partial charge in [-0.2, -0.15) is 5.10 Å². The van der Waals surface area contributed by atoms with Gasteiger partial charge in [-0.25, -0.2) is 4.68 Å². The minimum absolute atomic E-state index is 0.378. The van der Waals surface area contributed by atoms with E-state index in [0.717, 1.165) is 35.4 Å². The van der Waals surface area contributed by atoms with E-state index in [1.807, 2.05) is 55.6 Å². The molecule has 0 spiro atoms. The van der Waals surface area contributed by atoms with Crippen LogP contribution < -0.4 is 4.74 Å². The van der Waals surface area contributed by atoms with Crippen molar-refractivity contribution in [2.45, 2.75) is 32.4 Å². The van der Waals surface area contributed by atoms with Crippen LogP contribution in [0.25, 0.3) is 11.3 Å². The van der Waals surface area contributed by atoms with Crippen molar-refractivity contribution in [1.29, 1.82) is 0 Å². The highest BCUT2D eigenvalue weighted by atomic mass is 16.5. The van der Waals surface area contributed by atoms with E-state index < -0.39 is 0 Å². The van der Waals surface area contributed by atoms with Gasteiger partial charge in [0.2, 0.25) is 5.88 Å². The lowest BCUT2D eigenvalue weighted by atomic mass is 10.1. The number of nitrogens with zero attached hydrogens (tertiary/aromatic N) is 3. The van der Waals surface area contributed by atoms with Gasteiger partial charge in [-0.3, -0.25) is 4.90 Å². The second-order valence-electron chi connectivity index (χ2n) is 7.71. The molecule has 0 fully saturated rings. The third-order valence-corrected chi connectivity index (χ3v) is 5.18. The SMILES string of the molecule is CCC[C@@H](O)CN(CCOC)Cc1c(-c2ccccc2)nn(C)c1Oc1ccccc1. The number of hydrogen-bond donors (Lipinski definition) is 1. The normalized spacial score (nSPS) is 12.3. The van der Waals surface area contributed by atoms with Crippen LogP contribution in [0.4, 0.5) is 0 Å². The monoisotopic (exact) mass is 423 g/mol. The Kier molecular flexibility index (Phi) is 8.64. The standard InChI is InChI=1S/C25H33N3O3/c1-4-11-21(29)18-28(16-17-30-3)19-23-24(20-12-7-5-8-13-20)26-27(2)25(23)31-22-14-9-6-10-15-22/h5-10,12-15,21,29H,4,11,16-19H2,1-3H3/t21-/m1/s1. The molecule has 166 valence electrons. The number of ether oxygens (including phenoxy) is 2. The molecule has 1 heterocycles. The summed E-state index contributed by atoms with van der Waals surface area (Å²) in [6.45, 7) is 4.57. The second-order valence-corrected chi connectivity index (χ2v) is 7.71. The first kappa shape index (κ1) is 23.0. The van der Waals surface area contributed by atoms with Crippen molar-refractivity contribution >= 4 is 0 Å². The summed E-state index contributed by atoms with van der Waals surface area (Å²) in [6.07, 6.45) is 1.34. The van der Waals surface area contributed by atoms with Crippen molar-refractivity contribution in [3.63, 3.8) is 0 Å². The van der Waals surface area contributed by atoms with Gasteiger partial charge < -0.3 is 14.6 Å². The summed E-state index contributed by atoms with van der Waals surface area (Å²) in [5, 5.41) is 15.3. The van der Waals surface area contributed by atoms with Crippen LogP contribution in [-0.4, -0.2) is 52.7 Å². The zero-order valence-electron chi connectivity index (χ0n) is 18.7. The van der Waals surface area contributed by atoms with E-state index in [0.29, 0.717) is 32.1 Å². The molecule has 1 N–H and O–H groups in total. The molecule has 3 aromatic rings. The van der Waals surface area contributed by atoms with Gasteiger partial charge in [0.05, 0.1) is 18.3 Å². The number of methoxy groups -OCH3 is 1. The largest absolute Gasteiger partial charge is 0.439 e. The topological polar surface area (TPSA) is 59.8 Å². The average Bonchev–Trinajstić information content (AvgIpc) is 3.08. The Bertz CT molecular complexity index is 913. The smallest absolute Gasteiger partial charge is 0.222 e. The number of para-hydroxylation sites is 1. The first-order valence-corrected chi connectivity index (χ1v) is 10.9. The molecule has 0 aliphatic heterocycles. The zero-order chi connectivity index (χ0) is 22.1. The summed E-state index contributed by atoms with van der Waals surface area (Å²) < 4.78 is 13.4. The molecule has 0 amide bonds. The van der Waals surface area contributed by atoms with Crippen LogP contribution in [0.5, 0.6) is 11.6 Å². The minimum Gasteiger partial charge on any atom is -0.439 e. The summed E-state index contributed by atoms with van der Waals surface area (Å²) in [4.78, 5) is 2.21. The van der Waals surface area contributed by atoms with E-state index in [-0.39, 0.29) is 6.10 Å². The number of aromatic nitrogens is 2.